The van der Waals surface area contributed by atoms with E-state index in [1.165, 1.54) is 16.6 Å². The number of esters is 1. The van der Waals surface area contributed by atoms with Gasteiger partial charge in [0.25, 0.3) is 5.56 Å². The van der Waals surface area contributed by atoms with Gasteiger partial charge >= 0.3 is 5.97 Å². The molecule has 0 saturated carbocycles. The number of rotatable bonds is 7. The van der Waals surface area contributed by atoms with Crippen LogP contribution in [-0.2, 0) is 21.4 Å². The van der Waals surface area contributed by atoms with Crippen LogP contribution in [0, 0.1) is 6.92 Å². The lowest BCUT2D eigenvalue weighted by Gasteiger charge is -2.18. The van der Waals surface area contributed by atoms with Crippen molar-refractivity contribution in [2.24, 2.45) is 0 Å². The molecule has 0 spiro atoms. The van der Waals surface area contributed by atoms with Crippen molar-refractivity contribution in [3.05, 3.63) is 58.5 Å². The summed E-state index contributed by atoms with van der Waals surface area (Å²) in [7, 11) is -3.72. The predicted molar refractivity (Wildman–Crippen MR) is 97.6 cm³/mol. The molecule has 0 atom stereocenters. The van der Waals surface area contributed by atoms with Crippen molar-refractivity contribution in [2.75, 3.05) is 13.1 Å². The van der Waals surface area contributed by atoms with Crippen molar-refractivity contribution in [2.45, 2.75) is 32.2 Å². The van der Waals surface area contributed by atoms with E-state index < -0.39 is 21.6 Å². The number of aromatic nitrogens is 1. The van der Waals surface area contributed by atoms with Gasteiger partial charge in [-0.3, -0.25) is 4.79 Å². The van der Waals surface area contributed by atoms with E-state index in [2.05, 4.69) is 0 Å². The molecule has 8 heteroatoms. The second-order valence-electron chi connectivity index (χ2n) is 5.71. The first-order valence-corrected chi connectivity index (χ1v) is 9.70. The van der Waals surface area contributed by atoms with Crippen LogP contribution in [0.25, 0.3) is 0 Å². The Morgan fingerprint density at radius 1 is 1.08 bits per heavy atom. The minimum absolute atomic E-state index is 0.0380. The number of carbonyl (C=O) groups is 1. The first-order valence-electron chi connectivity index (χ1n) is 8.26. The van der Waals surface area contributed by atoms with Gasteiger partial charge in [0.1, 0.15) is 12.3 Å². The van der Waals surface area contributed by atoms with Crippen molar-refractivity contribution in [3.63, 3.8) is 0 Å². The highest BCUT2D eigenvalue weighted by molar-refractivity contribution is 7.89. The van der Waals surface area contributed by atoms with Gasteiger partial charge in [-0.1, -0.05) is 31.5 Å². The first kappa shape index (κ1) is 19.9. The molecule has 0 bridgehead atoms. The number of carbonyl (C=O) groups excluding carboxylic acids is 1. The Bertz CT molecular complexity index is 929. The molecular formula is C18H22N2O5S. The third-order valence-corrected chi connectivity index (χ3v) is 5.89. The largest absolute Gasteiger partial charge is 0.425 e. The molecule has 0 amide bonds. The summed E-state index contributed by atoms with van der Waals surface area (Å²) in [6.45, 7) is 5.62. The number of ether oxygens (including phenoxy) is 1. The minimum Gasteiger partial charge on any atom is -0.425 e. The molecule has 0 aliphatic rings. The van der Waals surface area contributed by atoms with Crippen LogP contribution in [0.1, 0.15) is 19.4 Å². The van der Waals surface area contributed by atoms with Crippen molar-refractivity contribution in [1.82, 2.24) is 8.87 Å². The third-order valence-electron chi connectivity index (χ3n) is 3.85. The van der Waals surface area contributed by atoms with Gasteiger partial charge in [0.2, 0.25) is 10.0 Å². The van der Waals surface area contributed by atoms with Gasteiger partial charge < -0.3 is 9.30 Å². The SMILES string of the molecule is CCN(CC)S(=O)(=O)c1ccc(=O)n(CC(=O)Oc2ccc(C)cc2)c1. The van der Waals surface area contributed by atoms with Crippen LogP contribution in [0.4, 0.5) is 0 Å². The van der Waals surface area contributed by atoms with Gasteiger partial charge in [-0.25, -0.2) is 13.2 Å². The summed E-state index contributed by atoms with van der Waals surface area (Å²) in [4.78, 5) is 24.0. The molecule has 2 rings (SSSR count). The van der Waals surface area contributed by atoms with Crippen LogP contribution in [0.15, 0.2) is 52.3 Å². The first-order chi connectivity index (χ1) is 12.3. The molecule has 0 saturated heterocycles. The number of aryl methyl sites for hydroxylation is 1. The van der Waals surface area contributed by atoms with Gasteiger partial charge in [0.05, 0.1) is 4.90 Å². The summed E-state index contributed by atoms with van der Waals surface area (Å²) in [5.41, 5.74) is 0.541. The Balaban J connectivity index is 2.23. The summed E-state index contributed by atoms with van der Waals surface area (Å²) >= 11 is 0. The van der Waals surface area contributed by atoms with Gasteiger partial charge in [0, 0.05) is 25.4 Å². The zero-order valence-electron chi connectivity index (χ0n) is 15.0. The van der Waals surface area contributed by atoms with E-state index in [9.17, 15) is 18.0 Å². The average Bonchev–Trinajstić information content (AvgIpc) is 2.59. The van der Waals surface area contributed by atoms with Crippen LogP contribution in [0.5, 0.6) is 5.75 Å². The number of pyridine rings is 1. The molecule has 0 unspecified atom stereocenters. The number of hydrogen-bond donors (Lipinski definition) is 0. The Morgan fingerprint density at radius 3 is 2.27 bits per heavy atom. The molecule has 0 N–H and O–H groups in total. The monoisotopic (exact) mass is 378 g/mol. The smallest absolute Gasteiger partial charge is 0.331 e. The Morgan fingerprint density at radius 2 is 1.69 bits per heavy atom. The fourth-order valence-corrected chi connectivity index (χ4v) is 3.89. The Labute approximate surface area is 152 Å². The molecule has 1 aromatic heterocycles. The molecule has 0 radical (unpaired) electrons. The van der Waals surface area contributed by atoms with E-state index in [1.54, 1.807) is 38.1 Å². The predicted octanol–water partition coefficient (Wildman–Crippen LogP) is 1.79. The third kappa shape index (κ3) is 4.59. The van der Waals surface area contributed by atoms with Gasteiger partial charge in [-0.05, 0) is 25.1 Å². The van der Waals surface area contributed by atoms with E-state index >= 15 is 0 Å². The Kier molecular flexibility index (Phi) is 6.33. The standard InChI is InChI=1S/C18H22N2O5S/c1-4-20(5-2)26(23,24)16-10-11-17(21)19(12-16)13-18(22)25-15-8-6-14(3)7-9-15/h6-12H,4-5,13H2,1-3H3. The summed E-state index contributed by atoms with van der Waals surface area (Å²) in [5, 5.41) is 0. The van der Waals surface area contributed by atoms with E-state index in [0.717, 1.165) is 16.2 Å². The summed E-state index contributed by atoms with van der Waals surface area (Å²) in [6, 6.07) is 9.28. The van der Waals surface area contributed by atoms with Gasteiger partial charge in [-0.2, -0.15) is 4.31 Å². The van der Waals surface area contributed by atoms with E-state index in [1.807, 2.05) is 6.92 Å². The molecule has 2 aromatic rings. The zero-order chi connectivity index (χ0) is 19.3. The second-order valence-corrected chi connectivity index (χ2v) is 7.65. The average molecular weight is 378 g/mol. The van der Waals surface area contributed by atoms with Crippen LogP contribution in [0.3, 0.4) is 0 Å². The highest BCUT2D eigenvalue weighted by Gasteiger charge is 2.22. The topological polar surface area (TPSA) is 85.7 Å². The summed E-state index contributed by atoms with van der Waals surface area (Å²) in [6.07, 6.45) is 1.17. The summed E-state index contributed by atoms with van der Waals surface area (Å²) in [5.74, 6) is -0.297. The van der Waals surface area contributed by atoms with E-state index in [4.69, 9.17) is 4.74 Å². The molecular weight excluding hydrogens is 356 g/mol. The van der Waals surface area contributed by atoms with E-state index in [0.29, 0.717) is 18.8 Å². The van der Waals surface area contributed by atoms with E-state index in [-0.39, 0.29) is 11.4 Å². The fourth-order valence-electron chi connectivity index (χ4n) is 2.41. The zero-order valence-corrected chi connectivity index (χ0v) is 15.8. The highest BCUT2D eigenvalue weighted by atomic mass is 32.2. The van der Waals surface area contributed by atoms with Gasteiger partial charge in [0.15, 0.2) is 0 Å². The molecule has 140 valence electrons. The minimum atomic E-state index is -3.72. The quantitative estimate of drug-likeness (QED) is 0.542. The number of sulfonamides is 1. The molecule has 1 heterocycles. The number of hydrogen-bond acceptors (Lipinski definition) is 5. The lowest BCUT2D eigenvalue weighted by atomic mass is 10.2. The molecule has 1 aromatic carbocycles. The maximum atomic E-state index is 12.6. The van der Waals surface area contributed by atoms with Gasteiger partial charge in [-0.15, -0.1) is 0 Å². The van der Waals surface area contributed by atoms with Crippen LogP contribution < -0.4 is 10.3 Å². The van der Waals surface area contributed by atoms with Crippen LogP contribution in [0.2, 0.25) is 0 Å². The van der Waals surface area contributed by atoms with Crippen molar-refractivity contribution < 1.29 is 17.9 Å². The second kappa shape index (κ2) is 8.29. The van der Waals surface area contributed by atoms with Crippen molar-refractivity contribution in [1.29, 1.82) is 0 Å². The van der Waals surface area contributed by atoms with Crippen LogP contribution >= 0.6 is 0 Å². The number of benzene rings is 1. The molecule has 0 aliphatic carbocycles. The van der Waals surface area contributed by atoms with Crippen molar-refractivity contribution in [3.8, 4) is 5.75 Å². The normalized spacial score (nSPS) is 11.5. The maximum Gasteiger partial charge on any atom is 0.331 e. The number of nitrogens with zero attached hydrogens (tertiary/aromatic N) is 2. The lowest BCUT2D eigenvalue weighted by Crippen LogP contribution is -2.32. The Hall–Kier alpha value is -2.45. The lowest BCUT2D eigenvalue weighted by molar-refractivity contribution is -0.135. The van der Waals surface area contributed by atoms with Crippen LogP contribution in [-0.4, -0.2) is 36.3 Å². The summed E-state index contributed by atoms with van der Waals surface area (Å²) < 4.78 is 32.6. The molecule has 26 heavy (non-hydrogen) atoms. The van der Waals surface area contributed by atoms with Crippen molar-refractivity contribution >= 4 is 16.0 Å². The fraction of sp³-hybridized carbons (Fsp3) is 0.333. The molecule has 0 fully saturated rings. The highest BCUT2D eigenvalue weighted by Crippen LogP contribution is 2.14. The maximum absolute atomic E-state index is 12.6. The molecule has 7 nitrogen and oxygen atoms in total. The molecule has 0 aliphatic heterocycles.